The van der Waals surface area contributed by atoms with Crippen LogP contribution in [0.3, 0.4) is 0 Å². The normalized spacial score (nSPS) is 23.9. The second kappa shape index (κ2) is 6.00. The van der Waals surface area contributed by atoms with Crippen molar-refractivity contribution >= 4 is 21.8 Å². The van der Waals surface area contributed by atoms with Crippen LogP contribution in [-0.2, 0) is 20.3 Å². The van der Waals surface area contributed by atoms with Crippen molar-refractivity contribution in [2.24, 2.45) is 0 Å². The molecular weight excluding hydrogens is 354 g/mol. The molecule has 7 nitrogen and oxygen atoms in total. The SMILES string of the molecule is COC(=O)N1CC[C@]2(NS(=O)(=O)c3ccccc3)c3ccccc3N[C@H]12. The van der Waals surface area contributed by atoms with Gasteiger partial charge in [0.25, 0.3) is 0 Å². The first-order chi connectivity index (χ1) is 12.5. The van der Waals surface area contributed by atoms with Crippen molar-refractivity contribution < 1.29 is 17.9 Å². The number of anilines is 1. The number of fused-ring (bicyclic) bond motifs is 3. The van der Waals surface area contributed by atoms with Gasteiger partial charge in [-0.25, -0.2) is 13.2 Å². The molecule has 2 aromatic rings. The van der Waals surface area contributed by atoms with Gasteiger partial charge >= 0.3 is 6.09 Å². The molecule has 0 aromatic heterocycles. The standard InChI is InChI=1S/C18H19N3O4S/c1-25-17(22)21-12-11-18(14-9-5-6-10-15(14)19-16(18)21)20-26(23,24)13-7-3-2-4-8-13/h2-10,16,19-20H,11-12H2,1H3/t16-,18+/m1/s1. The summed E-state index contributed by atoms with van der Waals surface area (Å²) in [5, 5.41) is 3.27. The van der Waals surface area contributed by atoms with Crippen LogP contribution in [0.15, 0.2) is 59.5 Å². The number of likely N-dealkylation sites (tertiary alicyclic amines) is 1. The van der Waals surface area contributed by atoms with Crippen LogP contribution in [-0.4, -0.2) is 39.2 Å². The highest BCUT2D eigenvalue weighted by atomic mass is 32.2. The van der Waals surface area contributed by atoms with Gasteiger partial charge in [0.2, 0.25) is 10.0 Å². The van der Waals surface area contributed by atoms with E-state index in [9.17, 15) is 13.2 Å². The van der Waals surface area contributed by atoms with Gasteiger partial charge in [0, 0.05) is 17.8 Å². The fourth-order valence-corrected chi connectivity index (χ4v) is 5.27. The van der Waals surface area contributed by atoms with Gasteiger partial charge in [-0.1, -0.05) is 36.4 Å². The smallest absolute Gasteiger partial charge is 0.411 e. The Bertz CT molecular complexity index is 948. The van der Waals surface area contributed by atoms with Gasteiger partial charge in [0.15, 0.2) is 0 Å². The van der Waals surface area contributed by atoms with Gasteiger partial charge in [-0.05, 0) is 24.6 Å². The highest BCUT2D eigenvalue weighted by Crippen LogP contribution is 2.47. The van der Waals surface area contributed by atoms with Gasteiger partial charge in [0.05, 0.1) is 12.0 Å². The zero-order valence-corrected chi connectivity index (χ0v) is 15.0. The molecule has 0 aliphatic carbocycles. The van der Waals surface area contributed by atoms with Crippen molar-refractivity contribution in [1.29, 1.82) is 0 Å². The molecule has 2 aliphatic rings. The van der Waals surface area contributed by atoms with Crippen LogP contribution in [0, 0.1) is 0 Å². The summed E-state index contributed by atoms with van der Waals surface area (Å²) < 4.78 is 33.8. The summed E-state index contributed by atoms with van der Waals surface area (Å²) in [5.74, 6) is 0. The van der Waals surface area contributed by atoms with E-state index >= 15 is 0 Å². The topological polar surface area (TPSA) is 87.7 Å². The average Bonchev–Trinajstić information content (AvgIpc) is 3.15. The van der Waals surface area contributed by atoms with E-state index in [0.29, 0.717) is 13.0 Å². The number of carbonyl (C=O) groups is 1. The lowest BCUT2D eigenvalue weighted by Crippen LogP contribution is -2.54. The number of hydrogen-bond acceptors (Lipinski definition) is 5. The van der Waals surface area contributed by atoms with E-state index in [2.05, 4.69) is 10.0 Å². The summed E-state index contributed by atoms with van der Waals surface area (Å²) in [5.41, 5.74) is 0.692. The molecule has 2 atom stereocenters. The highest BCUT2D eigenvalue weighted by molar-refractivity contribution is 7.89. The summed E-state index contributed by atoms with van der Waals surface area (Å²) in [6.07, 6.45) is -0.593. The van der Waals surface area contributed by atoms with Crippen molar-refractivity contribution in [3.63, 3.8) is 0 Å². The molecule has 1 amide bonds. The van der Waals surface area contributed by atoms with Crippen LogP contribution in [0.25, 0.3) is 0 Å². The van der Waals surface area contributed by atoms with Crippen LogP contribution < -0.4 is 10.0 Å². The Balaban J connectivity index is 1.79. The van der Waals surface area contributed by atoms with Gasteiger partial charge < -0.3 is 10.1 Å². The quantitative estimate of drug-likeness (QED) is 0.860. The number of hydrogen-bond donors (Lipinski definition) is 2. The maximum Gasteiger partial charge on any atom is 0.411 e. The average molecular weight is 373 g/mol. The summed E-state index contributed by atoms with van der Waals surface area (Å²) in [6, 6.07) is 15.7. The van der Waals surface area contributed by atoms with Crippen molar-refractivity contribution in [3.8, 4) is 0 Å². The molecule has 2 heterocycles. The second-order valence-corrected chi connectivity index (χ2v) is 8.08. The van der Waals surface area contributed by atoms with E-state index in [0.717, 1.165) is 11.3 Å². The molecular formula is C18H19N3O4S. The van der Waals surface area contributed by atoms with E-state index in [1.807, 2.05) is 24.3 Å². The van der Waals surface area contributed by atoms with Gasteiger partial charge in [-0.15, -0.1) is 0 Å². The maximum atomic E-state index is 13.0. The fourth-order valence-electron chi connectivity index (χ4n) is 3.83. The van der Waals surface area contributed by atoms with E-state index in [4.69, 9.17) is 4.74 Å². The lowest BCUT2D eigenvalue weighted by atomic mass is 9.90. The Labute approximate surface area is 152 Å². The fraction of sp³-hybridized carbons (Fsp3) is 0.278. The van der Waals surface area contributed by atoms with Crippen molar-refractivity contribution in [2.45, 2.75) is 23.0 Å². The lowest BCUT2D eigenvalue weighted by molar-refractivity contribution is 0.117. The van der Waals surface area contributed by atoms with Crippen molar-refractivity contribution in [1.82, 2.24) is 9.62 Å². The summed E-state index contributed by atoms with van der Waals surface area (Å²) >= 11 is 0. The minimum absolute atomic E-state index is 0.189. The number of para-hydroxylation sites is 1. The second-order valence-electron chi connectivity index (χ2n) is 6.40. The van der Waals surface area contributed by atoms with Crippen LogP contribution in [0.1, 0.15) is 12.0 Å². The predicted molar refractivity (Wildman–Crippen MR) is 96.0 cm³/mol. The summed E-state index contributed by atoms with van der Waals surface area (Å²) in [7, 11) is -2.46. The number of ether oxygens (including phenoxy) is 1. The third-order valence-electron chi connectivity index (χ3n) is 5.00. The monoisotopic (exact) mass is 373 g/mol. The van der Waals surface area contributed by atoms with Crippen LogP contribution >= 0.6 is 0 Å². The van der Waals surface area contributed by atoms with Crippen LogP contribution in [0.2, 0.25) is 0 Å². The number of nitrogens with one attached hydrogen (secondary N) is 2. The summed E-state index contributed by atoms with van der Waals surface area (Å²) in [6.45, 7) is 0.385. The zero-order valence-electron chi connectivity index (χ0n) is 14.2. The molecule has 136 valence electrons. The Kier molecular flexibility index (Phi) is 3.89. The molecule has 0 saturated carbocycles. The van der Waals surface area contributed by atoms with Gasteiger partial charge in [-0.2, -0.15) is 4.72 Å². The molecule has 0 bridgehead atoms. The number of methoxy groups -OCH3 is 1. The summed E-state index contributed by atoms with van der Waals surface area (Å²) in [4.78, 5) is 13.9. The van der Waals surface area contributed by atoms with Gasteiger partial charge in [-0.3, -0.25) is 4.90 Å². The molecule has 4 rings (SSSR count). The number of nitrogens with zero attached hydrogens (tertiary/aromatic N) is 1. The highest BCUT2D eigenvalue weighted by Gasteiger charge is 2.57. The first-order valence-electron chi connectivity index (χ1n) is 8.28. The Morgan fingerprint density at radius 2 is 1.88 bits per heavy atom. The Morgan fingerprint density at radius 1 is 1.19 bits per heavy atom. The molecule has 2 aromatic carbocycles. The lowest BCUT2D eigenvalue weighted by Gasteiger charge is -2.32. The number of carbonyl (C=O) groups excluding carboxylic acids is 1. The maximum absolute atomic E-state index is 13.0. The van der Waals surface area contributed by atoms with Crippen LogP contribution in [0.5, 0.6) is 0 Å². The molecule has 2 N–H and O–H groups in total. The Morgan fingerprint density at radius 3 is 2.62 bits per heavy atom. The zero-order chi connectivity index (χ0) is 18.4. The molecule has 1 saturated heterocycles. The number of amides is 1. The van der Waals surface area contributed by atoms with Crippen molar-refractivity contribution in [2.75, 3.05) is 19.0 Å². The molecule has 26 heavy (non-hydrogen) atoms. The van der Waals surface area contributed by atoms with E-state index in [-0.39, 0.29) is 4.90 Å². The van der Waals surface area contributed by atoms with Crippen molar-refractivity contribution in [3.05, 3.63) is 60.2 Å². The minimum atomic E-state index is -3.77. The van der Waals surface area contributed by atoms with Crippen LogP contribution in [0.4, 0.5) is 10.5 Å². The molecule has 8 heteroatoms. The third kappa shape index (κ3) is 2.45. The third-order valence-corrected chi connectivity index (χ3v) is 6.53. The Hall–Kier alpha value is -2.58. The van der Waals surface area contributed by atoms with Gasteiger partial charge in [0.1, 0.15) is 11.7 Å². The molecule has 1 fully saturated rings. The first kappa shape index (κ1) is 16.9. The molecule has 0 unspecified atom stereocenters. The molecule has 0 spiro atoms. The minimum Gasteiger partial charge on any atom is -0.453 e. The molecule has 2 aliphatic heterocycles. The molecule has 0 radical (unpaired) electrons. The van der Waals surface area contributed by atoms with E-state index in [1.54, 1.807) is 30.3 Å². The number of rotatable bonds is 3. The van der Waals surface area contributed by atoms with E-state index in [1.165, 1.54) is 12.0 Å². The number of sulfonamides is 1. The number of benzene rings is 2. The predicted octanol–water partition coefficient (Wildman–Crippen LogP) is 2.08. The largest absolute Gasteiger partial charge is 0.453 e. The van der Waals surface area contributed by atoms with E-state index < -0.39 is 27.8 Å². The first-order valence-corrected chi connectivity index (χ1v) is 9.76.